The maximum absolute atomic E-state index is 8.89. The van der Waals surface area contributed by atoms with E-state index in [9.17, 15) is 0 Å². The van der Waals surface area contributed by atoms with Crippen LogP contribution in [0.1, 0.15) is 11.1 Å². The van der Waals surface area contributed by atoms with Crippen LogP contribution >= 0.6 is 0 Å². The van der Waals surface area contributed by atoms with E-state index in [0.717, 1.165) is 27.8 Å². The summed E-state index contributed by atoms with van der Waals surface area (Å²) in [5.41, 5.74) is 7.27. The normalized spacial score (nSPS) is 11.2. The Kier molecular flexibility index (Phi) is 5.01. The van der Waals surface area contributed by atoms with Gasteiger partial charge in [-0.2, -0.15) is 0 Å². The highest BCUT2D eigenvalue weighted by atomic mass is 16.3. The fourth-order valence-electron chi connectivity index (χ4n) is 3.31. The van der Waals surface area contributed by atoms with Crippen molar-refractivity contribution in [3.8, 4) is 22.6 Å². The smallest absolute Gasteiger partial charge is 0.227 e. The molecule has 4 rings (SSSR count). The van der Waals surface area contributed by atoms with Crippen molar-refractivity contribution >= 4 is 11.1 Å². The van der Waals surface area contributed by atoms with Crippen LogP contribution in [0.15, 0.2) is 71.1 Å². The Balaban J connectivity index is 1.70. The molecular formula is C23H22N2O2. The topological polar surface area (TPSA) is 58.3 Å². The summed E-state index contributed by atoms with van der Waals surface area (Å²) < 4.78 is 6.03. The van der Waals surface area contributed by atoms with Crippen LogP contribution in [0.3, 0.4) is 0 Å². The molecule has 4 aromatic rings. The number of benzene rings is 3. The Morgan fingerprint density at radius 1 is 0.963 bits per heavy atom. The fourth-order valence-corrected chi connectivity index (χ4v) is 3.31. The Morgan fingerprint density at radius 2 is 1.78 bits per heavy atom. The molecule has 0 spiro atoms. The second kappa shape index (κ2) is 7.74. The van der Waals surface area contributed by atoms with Crippen molar-refractivity contribution in [2.45, 2.75) is 13.5 Å². The maximum atomic E-state index is 8.89. The van der Waals surface area contributed by atoms with Crippen LogP contribution in [0.25, 0.3) is 33.7 Å². The van der Waals surface area contributed by atoms with E-state index in [4.69, 9.17) is 14.5 Å². The number of aromatic nitrogens is 1. The molecule has 4 nitrogen and oxygen atoms in total. The van der Waals surface area contributed by atoms with Crippen molar-refractivity contribution in [2.24, 2.45) is 0 Å². The highest BCUT2D eigenvalue weighted by molar-refractivity contribution is 5.80. The molecule has 1 heterocycles. The average molecular weight is 358 g/mol. The highest BCUT2D eigenvalue weighted by Crippen LogP contribution is 2.33. The molecule has 0 amide bonds. The van der Waals surface area contributed by atoms with Gasteiger partial charge in [0.2, 0.25) is 5.89 Å². The largest absolute Gasteiger partial charge is 0.436 e. The van der Waals surface area contributed by atoms with Gasteiger partial charge in [-0.25, -0.2) is 4.98 Å². The van der Waals surface area contributed by atoms with Gasteiger partial charge in [0.05, 0.1) is 6.61 Å². The number of rotatable bonds is 6. The van der Waals surface area contributed by atoms with E-state index in [1.807, 2.05) is 42.5 Å². The van der Waals surface area contributed by atoms with Gasteiger partial charge in [-0.05, 0) is 47.4 Å². The number of aliphatic hydroxyl groups excluding tert-OH is 1. The number of hydrogen-bond acceptors (Lipinski definition) is 4. The molecular weight excluding hydrogens is 336 g/mol. The lowest BCUT2D eigenvalue weighted by molar-refractivity contribution is 0.292. The zero-order valence-corrected chi connectivity index (χ0v) is 15.3. The van der Waals surface area contributed by atoms with Gasteiger partial charge in [0.15, 0.2) is 5.58 Å². The van der Waals surface area contributed by atoms with E-state index in [0.29, 0.717) is 19.0 Å². The van der Waals surface area contributed by atoms with Gasteiger partial charge in [-0.3, -0.25) is 0 Å². The van der Waals surface area contributed by atoms with E-state index in [-0.39, 0.29) is 6.61 Å². The summed E-state index contributed by atoms with van der Waals surface area (Å²) in [4.78, 5) is 4.72. The van der Waals surface area contributed by atoms with E-state index in [2.05, 4.69) is 36.5 Å². The molecule has 0 aliphatic carbocycles. The van der Waals surface area contributed by atoms with E-state index >= 15 is 0 Å². The summed E-state index contributed by atoms with van der Waals surface area (Å²) in [6, 6.07) is 22.6. The number of hydrogen-bond donors (Lipinski definition) is 2. The standard InChI is InChI=1S/C23H22N2O2/c1-16-19(18-6-3-2-4-7-18)8-5-9-20(16)23-25-21-14-17(15-24-12-13-26)10-11-22(21)27-23/h2-11,14,24,26H,12-13,15H2,1H3. The van der Waals surface area contributed by atoms with Crippen molar-refractivity contribution < 1.29 is 9.52 Å². The molecule has 136 valence electrons. The maximum Gasteiger partial charge on any atom is 0.227 e. The number of fused-ring (bicyclic) bond motifs is 1. The first kappa shape index (κ1) is 17.5. The van der Waals surface area contributed by atoms with Gasteiger partial charge >= 0.3 is 0 Å². The molecule has 0 aliphatic rings. The summed E-state index contributed by atoms with van der Waals surface area (Å²) in [5.74, 6) is 0.640. The van der Waals surface area contributed by atoms with Crippen molar-refractivity contribution in [1.29, 1.82) is 0 Å². The van der Waals surface area contributed by atoms with Crippen LogP contribution in [0.5, 0.6) is 0 Å². The number of oxazole rings is 1. The third kappa shape index (κ3) is 3.63. The lowest BCUT2D eigenvalue weighted by Gasteiger charge is -2.09. The first-order valence-electron chi connectivity index (χ1n) is 9.13. The molecule has 4 heteroatoms. The first-order valence-corrected chi connectivity index (χ1v) is 9.13. The minimum Gasteiger partial charge on any atom is -0.436 e. The van der Waals surface area contributed by atoms with Gasteiger partial charge < -0.3 is 14.8 Å². The molecule has 0 fully saturated rings. The summed E-state index contributed by atoms with van der Waals surface area (Å²) in [6.07, 6.45) is 0. The van der Waals surface area contributed by atoms with Crippen molar-refractivity contribution in [2.75, 3.05) is 13.2 Å². The second-order valence-corrected chi connectivity index (χ2v) is 6.57. The second-order valence-electron chi connectivity index (χ2n) is 6.57. The van der Waals surface area contributed by atoms with Crippen LogP contribution in [-0.2, 0) is 6.54 Å². The third-order valence-electron chi connectivity index (χ3n) is 4.72. The number of aliphatic hydroxyl groups is 1. The zero-order valence-electron chi connectivity index (χ0n) is 15.3. The van der Waals surface area contributed by atoms with Gasteiger partial charge in [0.25, 0.3) is 0 Å². The fraction of sp³-hybridized carbons (Fsp3) is 0.174. The van der Waals surface area contributed by atoms with Crippen LogP contribution in [0.2, 0.25) is 0 Å². The summed E-state index contributed by atoms with van der Waals surface area (Å²) in [6.45, 7) is 3.51. The quantitative estimate of drug-likeness (QED) is 0.496. The number of nitrogens with one attached hydrogen (secondary N) is 1. The molecule has 1 aromatic heterocycles. The van der Waals surface area contributed by atoms with Crippen molar-refractivity contribution in [1.82, 2.24) is 10.3 Å². The van der Waals surface area contributed by atoms with Gasteiger partial charge in [0.1, 0.15) is 5.52 Å². The first-order chi connectivity index (χ1) is 13.3. The molecule has 0 saturated carbocycles. The molecule has 0 atom stereocenters. The molecule has 27 heavy (non-hydrogen) atoms. The van der Waals surface area contributed by atoms with E-state index < -0.39 is 0 Å². The Hall–Kier alpha value is -2.95. The predicted octanol–water partition coefficient (Wildman–Crippen LogP) is 4.55. The van der Waals surface area contributed by atoms with E-state index in [1.165, 1.54) is 11.1 Å². The molecule has 0 unspecified atom stereocenters. The molecule has 0 aliphatic heterocycles. The van der Waals surface area contributed by atoms with Gasteiger partial charge in [0, 0.05) is 18.7 Å². The predicted molar refractivity (Wildman–Crippen MR) is 108 cm³/mol. The minimum atomic E-state index is 0.132. The summed E-state index contributed by atoms with van der Waals surface area (Å²) in [5, 5.41) is 12.1. The lowest BCUT2D eigenvalue weighted by atomic mass is 9.96. The Morgan fingerprint density at radius 3 is 2.59 bits per heavy atom. The average Bonchev–Trinajstić information content (AvgIpc) is 3.12. The summed E-state index contributed by atoms with van der Waals surface area (Å²) >= 11 is 0. The third-order valence-corrected chi connectivity index (χ3v) is 4.72. The highest BCUT2D eigenvalue weighted by Gasteiger charge is 2.14. The molecule has 0 bridgehead atoms. The number of nitrogens with zero attached hydrogens (tertiary/aromatic N) is 1. The van der Waals surface area contributed by atoms with E-state index in [1.54, 1.807) is 0 Å². The molecule has 2 N–H and O–H groups in total. The Bertz CT molecular complexity index is 1050. The van der Waals surface area contributed by atoms with Gasteiger partial charge in [-0.15, -0.1) is 0 Å². The van der Waals surface area contributed by atoms with Crippen LogP contribution in [0.4, 0.5) is 0 Å². The zero-order chi connectivity index (χ0) is 18.6. The van der Waals surface area contributed by atoms with Crippen molar-refractivity contribution in [3.05, 3.63) is 77.9 Å². The molecule has 0 radical (unpaired) electrons. The SMILES string of the molecule is Cc1c(-c2ccccc2)cccc1-c1nc2cc(CNCCO)ccc2o1. The minimum absolute atomic E-state index is 0.132. The summed E-state index contributed by atoms with van der Waals surface area (Å²) in [7, 11) is 0. The molecule has 0 saturated heterocycles. The molecule has 3 aromatic carbocycles. The lowest BCUT2D eigenvalue weighted by Crippen LogP contribution is -2.17. The van der Waals surface area contributed by atoms with Crippen LogP contribution < -0.4 is 5.32 Å². The van der Waals surface area contributed by atoms with Crippen LogP contribution in [-0.4, -0.2) is 23.2 Å². The van der Waals surface area contributed by atoms with Crippen molar-refractivity contribution in [3.63, 3.8) is 0 Å². The van der Waals surface area contributed by atoms with Crippen LogP contribution in [0, 0.1) is 6.92 Å². The Labute approximate surface area is 158 Å². The monoisotopic (exact) mass is 358 g/mol. The van der Waals surface area contributed by atoms with Gasteiger partial charge in [-0.1, -0.05) is 48.5 Å².